The number of aromatic nitrogens is 1. The molecule has 0 aliphatic carbocycles. The molecule has 27 heavy (non-hydrogen) atoms. The number of H-pyrrole nitrogens is 1. The highest BCUT2D eigenvalue weighted by atomic mass is 16.2. The van der Waals surface area contributed by atoms with Crippen LogP contribution in [0.3, 0.4) is 0 Å². The summed E-state index contributed by atoms with van der Waals surface area (Å²) in [6, 6.07) is 6.15. The van der Waals surface area contributed by atoms with Crippen LogP contribution < -0.4 is 0 Å². The van der Waals surface area contributed by atoms with Crippen LogP contribution in [-0.4, -0.2) is 52.8 Å². The maximum absolute atomic E-state index is 13.0. The second-order valence-corrected chi connectivity index (χ2v) is 7.73. The lowest BCUT2D eigenvalue weighted by atomic mass is 9.98. The molecule has 3 rings (SSSR count). The highest BCUT2D eigenvalue weighted by Gasteiger charge is 2.26. The average Bonchev–Trinajstić information content (AvgIpc) is 2.91. The summed E-state index contributed by atoms with van der Waals surface area (Å²) in [5.41, 5.74) is 7.21. The fourth-order valence-electron chi connectivity index (χ4n) is 4.07. The molecular formula is C22H29N3O2. The van der Waals surface area contributed by atoms with E-state index in [1.54, 1.807) is 0 Å². The SMILES string of the molecule is Cc1cc(C)c(C(=O)N2CCN(C(=O)Cc3cc(C)[nH]c3C)CC2)c(C)c1. The molecular weight excluding hydrogens is 338 g/mol. The van der Waals surface area contributed by atoms with E-state index >= 15 is 0 Å². The maximum atomic E-state index is 13.0. The van der Waals surface area contributed by atoms with Gasteiger partial charge in [-0.3, -0.25) is 9.59 Å². The Morgan fingerprint density at radius 2 is 1.44 bits per heavy atom. The van der Waals surface area contributed by atoms with Gasteiger partial charge in [-0.15, -0.1) is 0 Å². The molecule has 5 heteroatoms. The third-order valence-electron chi connectivity index (χ3n) is 5.41. The number of hydrogen-bond donors (Lipinski definition) is 1. The van der Waals surface area contributed by atoms with Crippen molar-refractivity contribution in [3.05, 3.63) is 57.4 Å². The molecule has 0 atom stereocenters. The molecule has 2 aromatic rings. The maximum Gasteiger partial charge on any atom is 0.254 e. The normalized spacial score (nSPS) is 14.6. The van der Waals surface area contributed by atoms with Gasteiger partial charge in [-0.25, -0.2) is 0 Å². The van der Waals surface area contributed by atoms with Gasteiger partial charge in [-0.1, -0.05) is 17.7 Å². The number of aromatic amines is 1. The third-order valence-corrected chi connectivity index (χ3v) is 5.41. The third kappa shape index (κ3) is 4.07. The lowest BCUT2D eigenvalue weighted by molar-refractivity contribution is -0.131. The van der Waals surface area contributed by atoms with Crippen molar-refractivity contribution in [3.8, 4) is 0 Å². The predicted molar refractivity (Wildman–Crippen MR) is 107 cm³/mol. The minimum atomic E-state index is 0.0780. The number of nitrogens with one attached hydrogen (secondary N) is 1. The minimum absolute atomic E-state index is 0.0780. The zero-order valence-corrected chi connectivity index (χ0v) is 17.0. The first-order valence-corrected chi connectivity index (χ1v) is 9.56. The van der Waals surface area contributed by atoms with Gasteiger partial charge in [0.1, 0.15) is 0 Å². The summed E-state index contributed by atoms with van der Waals surface area (Å²) in [5, 5.41) is 0. The smallest absolute Gasteiger partial charge is 0.254 e. The summed E-state index contributed by atoms with van der Waals surface area (Å²) in [4.78, 5) is 32.6. The average molecular weight is 367 g/mol. The lowest BCUT2D eigenvalue weighted by Crippen LogP contribution is -2.51. The van der Waals surface area contributed by atoms with Gasteiger partial charge in [0, 0.05) is 43.1 Å². The molecule has 2 heterocycles. The van der Waals surface area contributed by atoms with Crippen molar-refractivity contribution in [2.75, 3.05) is 26.2 Å². The number of hydrogen-bond acceptors (Lipinski definition) is 2. The number of nitrogens with zero attached hydrogens (tertiary/aromatic N) is 2. The van der Waals surface area contributed by atoms with E-state index in [9.17, 15) is 9.59 Å². The molecule has 1 saturated heterocycles. The number of aryl methyl sites for hydroxylation is 5. The zero-order chi connectivity index (χ0) is 19.7. The molecule has 0 bridgehead atoms. The Morgan fingerprint density at radius 1 is 0.889 bits per heavy atom. The Labute approximate surface area is 161 Å². The molecule has 5 nitrogen and oxygen atoms in total. The van der Waals surface area contributed by atoms with Crippen molar-refractivity contribution < 1.29 is 9.59 Å². The minimum Gasteiger partial charge on any atom is -0.362 e. The van der Waals surface area contributed by atoms with Gasteiger partial charge in [-0.2, -0.15) is 0 Å². The highest BCUT2D eigenvalue weighted by Crippen LogP contribution is 2.20. The van der Waals surface area contributed by atoms with Crippen LogP contribution in [0.5, 0.6) is 0 Å². The van der Waals surface area contributed by atoms with Gasteiger partial charge in [0.2, 0.25) is 5.91 Å². The van der Waals surface area contributed by atoms with E-state index in [2.05, 4.69) is 17.1 Å². The summed E-state index contributed by atoms with van der Waals surface area (Å²) < 4.78 is 0. The molecule has 1 aromatic carbocycles. The van der Waals surface area contributed by atoms with E-state index in [0.717, 1.165) is 33.6 Å². The number of rotatable bonds is 3. The van der Waals surface area contributed by atoms with Crippen LogP contribution in [0.15, 0.2) is 18.2 Å². The van der Waals surface area contributed by atoms with Crippen molar-refractivity contribution in [1.29, 1.82) is 0 Å². The number of carbonyl (C=O) groups is 2. The van der Waals surface area contributed by atoms with E-state index in [0.29, 0.717) is 32.6 Å². The van der Waals surface area contributed by atoms with E-state index in [4.69, 9.17) is 0 Å². The summed E-state index contributed by atoms with van der Waals surface area (Å²) in [7, 11) is 0. The van der Waals surface area contributed by atoms with Crippen LogP contribution in [-0.2, 0) is 11.2 Å². The summed E-state index contributed by atoms with van der Waals surface area (Å²) in [6.07, 6.45) is 0.417. The summed E-state index contributed by atoms with van der Waals surface area (Å²) in [5.74, 6) is 0.209. The molecule has 1 aliphatic rings. The first-order chi connectivity index (χ1) is 12.8. The van der Waals surface area contributed by atoms with Gasteiger partial charge in [0.25, 0.3) is 5.91 Å². The van der Waals surface area contributed by atoms with Crippen LogP contribution in [0.4, 0.5) is 0 Å². The second-order valence-electron chi connectivity index (χ2n) is 7.73. The second kappa shape index (κ2) is 7.59. The topological polar surface area (TPSA) is 56.4 Å². The quantitative estimate of drug-likeness (QED) is 0.906. The van der Waals surface area contributed by atoms with Crippen LogP contribution in [0.25, 0.3) is 0 Å². The lowest BCUT2D eigenvalue weighted by Gasteiger charge is -2.35. The van der Waals surface area contributed by atoms with Crippen molar-refractivity contribution >= 4 is 11.8 Å². The van der Waals surface area contributed by atoms with E-state index in [1.807, 2.05) is 50.5 Å². The standard InChI is InChI=1S/C22H29N3O2/c1-14-10-15(2)21(16(3)11-14)22(27)25-8-6-24(7-9-25)20(26)13-19-12-17(4)23-18(19)5/h10-12,23H,6-9,13H2,1-5H3. The van der Waals surface area contributed by atoms with Crippen LogP contribution in [0, 0.1) is 34.6 Å². The number of piperazine rings is 1. The van der Waals surface area contributed by atoms with Crippen LogP contribution >= 0.6 is 0 Å². The number of carbonyl (C=O) groups excluding carboxylic acids is 2. The Kier molecular flexibility index (Phi) is 5.40. The van der Waals surface area contributed by atoms with E-state index in [-0.39, 0.29) is 11.8 Å². The Balaban J connectivity index is 1.62. The van der Waals surface area contributed by atoms with Gasteiger partial charge in [0.15, 0.2) is 0 Å². The first-order valence-electron chi connectivity index (χ1n) is 9.56. The molecule has 2 amide bonds. The van der Waals surface area contributed by atoms with Gasteiger partial charge < -0.3 is 14.8 Å². The summed E-state index contributed by atoms with van der Waals surface area (Å²) in [6.45, 7) is 12.4. The van der Waals surface area contributed by atoms with Gasteiger partial charge in [0.05, 0.1) is 6.42 Å². The van der Waals surface area contributed by atoms with Gasteiger partial charge >= 0.3 is 0 Å². The monoisotopic (exact) mass is 367 g/mol. The largest absolute Gasteiger partial charge is 0.362 e. The molecule has 144 valence electrons. The van der Waals surface area contributed by atoms with Gasteiger partial charge in [-0.05, 0) is 57.4 Å². The molecule has 0 unspecified atom stereocenters. The molecule has 0 radical (unpaired) electrons. The number of benzene rings is 1. The Hall–Kier alpha value is -2.56. The van der Waals surface area contributed by atoms with Crippen LogP contribution in [0.1, 0.15) is 44.0 Å². The highest BCUT2D eigenvalue weighted by molar-refractivity contribution is 5.97. The number of amides is 2. The van der Waals surface area contributed by atoms with Crippen molar-refractivity contribution in [2.45, 2.75) is 41.0 Å². The molecule has 1 N–H and O–H groups in total. The van der Waals surface area contributed by atoms with Crippen molar-refractivity contribution in [3.63, 3.8) is 0 Å². The molecule has 1 fully saturated rings. The fourth-order valence-corrected chi connectivity index (χ4v) is 4.07. The molecule has 1 aromatic heterocycles. The molecule has 0 spiro atoms. The van der Waals surface area contributed by atoms with Crippen molar-refractivity contribution in [2.24, 2.45) is 0 Å². The predicted octanol–water partition coefficient (Wildman–Crippen LogP) is 3.08. The fraction of sp³-hybridized carbons (Fsp3) is 0.455. The molecule has 1 aliphatic heterocycles. The van der Waals surface area contributed by atoms with Crippen LogP contribution in [0.2, 0.25) is 0 Å². The van der Waals surface area contributed by atoms with E-state index < -0.39 is 0 Å². The Morgan fingerprint density at radius 3 is 1.96 bits per heavy atom. The van der Waals surface area contributed by atoms with Crippen molar-refractivity contribution in [1.82, 2.24) is 14.8 Å². The summed E-state index contributed by atoms with van der Waals surface area (Å²) >= 11 is 0. The zero-order valence-electron chi connectivity index (χ0n) is 17.0. The molecule has 0 saturated carbocycles. The first kappa shape index (κ1) is 19.2. The van der Waals surface area contributed by atoms with E-state index in [1.165, 1.54) is 5.56 Å². The Bertz CT molecular complexity index is 851.